The molecule has 0 bridgehead atoms. The van der Waals surface area contributed by atoms with E-state index >= 15 is 0 Å². The van der Waals surface area contributed by atoms with Gasteiger partial charge in [-0.2, -0.15) is 0 Å². The molecule has 2 N–H and O–H groups in total. The summed E-state index contributed by atoms with van der Waals surface area (Å²) >= 11 is 0. The Morgan fingerprint density at radius 1 is 1.67 bits per heavy atom. The molecule has 0 aromatic carbocycles. The van der Waals surface area contributed by atoms with E-state index in [1.807, 2.05) is 0 Å². The van der Waals surface area contributed by atoms with Gasteiger partial charge in [0.05, 0.1) is 6.04 Å². The van der Waals surface area contributed by atoms with E-state index in [2.05, 4.69) is 4.98 Å². The SMILES string of the molecule is CC(N)c1nc(C(C)(C)F)co1. The van der Waals surface area contributed by atoms with Crippen LogP contribution in [0.3, 0.4) is 0 Å². The highest BCUT2D eigenvalue weighted by Crippen LogP contribution is 2.24. The number of hydrogen-bond donors (Lipinski definition) is 1. The molecule has 1 aromatic heterocycles. The Morgan fingerprint density at radius 3 is 2.50 bits per heavy atom. The van der Waals surface area contributed by atoms with E-state index < -0.39 is 5.67 Å². The van der Waals surface area contributed by atoms with E-state index in [0.717, 1.165) is 0 Å². The molecule has 1 heterocycles. The predicted molar refractivity (Wildman–Crippen MR) is 43.2 cm³/mol. The topological polar surface area (TPSA) is 52.0 Å². The maximum absolute atomic E-state index is 13.2. The molecule has 0 aliphatic carbocycles. The summed E-state index contributed by atoms with van der Waals surface area (Å²) in [7, 11) is 0. The second kappa shape index (κ2) is 2.86. The Morgan fingerprint density at radius 2 is 2.25 bits per heavy atom. The molecule has 0 radical (unpaired) electrons. The Kier molecular flexibility index (Phi) is 2.19. The van der Waals surface area contributed by atoms with Crippen LogP contribution in [-0.4, -0.2) is 4.98 Å². The molecular weight excluding hydrogens is 159 g/mol. The lowest BCUT2D eigenvalue weighted by Crippen LogP contribution is -2.11. The van der Waals surface area contributed by atoms with Crippen LogP contribution < -0.4 is 5.73 Å². The molecule has 4 heteroatoms. The van der Waals surface area contributed by atoms with E-state index in [9.17, 15) is 4.39 Å². The summed E-state index contributed by atoms with van der Waals surface area (Å²) < 4.78 is 18.2. The molecule has 1 rings (SSSR count). The zero-order valence-electron chi connectivity index (χ0n) is 7.47. The van der Waals surface area contributed by atoms with Gasteiger partial charge in [-0.3, -0.25) is 0 Å². The molecular formula is C8H13FN2O. The zero-order chi connectivity index (χ0) is 9.35. The molecule has 0 aliphatic rings. The van der Waals surface area contributed by atoms with Crippen molar-refractivity contribution < 1.29 is 8.81 Å². The summed E-state index contributed by atoms with van der Waals surface area (Å²) in [5.74, 6) is 0.371. The number of hydrogen-bond acceptors (Lipinski definition) is 3. The average molecular weight is 172 g/mol. The highest BCUT2D eigenvalue weighted by atomic mass is 19.1. The van der Waals surface area contributed by atoms with Gasteiger partial charge >= 0.3 is 0 Å². The lowest BCUT2D eigenvalue weighted by atomic mass is 10.1. The number of halogens is 1. The van der Waals surface area contributed by atoms with Gasteiger partial charge in [-0.1, -0.05) is 0 Å². The second-order valence-electron chi connectivity index (χ2n) is 3.33. The molecule has 0 aliphatic heterocycles. The number of nitrogens with zero attached hydrogens (tertiary/aromatic N) is 1. The first kappa shape index (κ1) is 9.19. The molecule has 12 heavy (non-hydrogen) atoms. The number of aromatic nitrogens is 1. The summed E-state index contributed by atoms with van der Waals surface area (Å²) in [6.07, 6.45) is 1.30. The summed E-state index contributed by atoms with van der Waals surface area (Å²) in [6, 6.07) is -0.291. The van der Waals surface area contributed by atoms with E-state index in [1.165, 1.54) is 20.1 Å². The largest absolute Gasteiger partial charge is 0.447 e. The monoisotopic (exact) mass is 172 g/mol. The van der Waals surface area contributed by atoms with Gasteiger partial charge in [0.2, 0.25) is 5.89 Å². The van der Waals surface area contributed by atoms with Crippen LogP contribution in [0, 0.1) is 0 Å². The molecule has 3 nitrogen and oxygen atoms in total. The van der Waals surface area contributed by atoms with Gasteiger partial charge in [-0.25, -0.2) is 9.37 Å². The van der Waals surface area contributed by atoms with Gasteiger partial charge in [0.1, 0.15) is 17.6 Å². The van der Waals surface area contributed by atoms with Crippen molar-refractivity contribution in [3.63, 3.8) is 0 Å². The molecule has 1 atom stereocenters. The number of rotatable bonds is 2. The summed E-state index contributed by atoms with van der Waals surface area (Å²) in [5.41, 5.74) is 4.32. The third kappa shape index (κ3) is 1.82. The fraction of sp³-hybridized carbons (Fsp3) is 0.625. The molecule has 0 spiro atoms. The second-order valence-corrected chi connectivity index (χ2v) is 3.33. The first-order valence-corrected chi connectivity index (χ1v) is 3.81. The van der Waals surface area contributed by atoms with Crippen LogP contribution in [0.15, 0.2) is 10.7 Å². The molecule has 0 fully saturated rings. The van der Waals surface area contributed by atoms with Gasteiger partial charge < -0.3 is 10.2 Å². The maximum atomic E-state index is 13.2. The van der Waals surface area contributed by atoms with Gasteiger partial charge in [0.25, 0.3) is 0 Å². The standard InChI is InChI=1S/C8H13FN2O/c1-5(10)7-11-6(4-12-7)8(2,3)9/h4-5H,10H2,1-3H3. The smallest absolute Gasteiger partial charge is 0.210 e. The average Bonchev–Trinajstić information content (AvgIpc) is 2.30. The molecule has 0 amide bonds. The summed E-state index contributed by atoms with van der Waals surface area (Å²) in [4.78, 5) is 3.91. The van der Waals surface area contributed by atoms with Crippen LogP contribution in [0.2, 0.25) is 0 Å². The highest BCUT2D eigenvalue weighted by molar-refractivity contribution is 5.06. The van der Waals surface area contributed by atoms with Crippen LogP contribution in [0.4, 0.5) is 4.39 Å². The van der Waals surface area contributed by atoms with Crippen LogP contribution in [0.5, 0.6) is 0 Å². The predicted octanol–water partition coefficient (Wildman–Crippen LogP) is 1.90. The third-order valence-corrected chi connectivity index (χ3v) is 1.52. The van der Waals surface area contributed by atoms with Crippen LogP contribution in [0.1, 0.15) is 38.4 Å². The van der Waals surface area contributed by atoms with Crippen molar-refractivity contribution in [1.29, 1.82) is 0 Å². The van der Waals surface area contributed by atoms with E-state index in [4.69, 9.17) is 10.2 Å². The zero-order valence-corrected chi connectivity index (χ0v) is 7.47. The molecule has 1 aromatic rings. The molecule has 68 valence electrons. The minimum atomic E-state index is -1.46. The lowest BCUT2D eigenvalue weighted by Gasteiger charge is -2.08. The van der Waals surface area contributed by atoms with Crippen molar-refractivity contribution in [2.45, 2.75) is 32.5 Å². The first-order valence-electron chi connectivity index (χ1n) is 3.81. The van der Waals surface area contributed by atoms with Crippen LogP contribution in [0.25, 0.3) is 0 Å². The number of alkyl halides is 1. The van der Waals surface area contributed by atoms with Gasteiger partial charge in [0.15, 0.2) is 0 Å². The highest BCUT2D eigenvalue weighted by Gasteiger charge is 2.23. The summed E-state index contributed by atoms with van der Waals surface area (Å²) in [6.45, 7) is 4.59. The fourth-order valence-electron chi connectivity index (χ4n) is 0.770. The van der Waals surface area contributed by atoms with Crippen LogP contribution in [-0.2, 0) is 5.67 Å². The fourth-order valence-corrected chi connectivity index (χ4v) is 0.770. The van der Waals surface area contributed by atoms with Crippen molar-refractivity contribution in [2.24, 2.45) is 5.73 Å². The Labute approximate surface area is 70.8 Å². The molecule has 1 unspecified atom stereocenters. The lowest BCUT2D eigenvalue weighted by molar-refractivity contribution is 0.214. The van der Waals surface area contributed by atoms with E-state index in [0.29, 0.717) is 5.89 Å². The third-order valence-electron chi connectivity index (χ3n) is 1.52. The van der Waals surface area contributed by atoms with E-state index in [1.54, 1.807) is 6.92 Å². The van der Waals surface area contributed by atoms with Crippen molar-refractivity contribution in [1.82, 2.24) is 4.98 Å². The normalized spacial score (nSPS) is 14.8. The van der Waals surface area contributed by atoms with Crippen molar-refractivity contribution in [3.8, 4) is 0 Å². The molecule has 0 saturated heterocycles. The first-order chi connectivity index (χ1) is 5.41. The molecule has 0 saturated carbocycles. The van der Waals surface area contributed by atoms with Gasteiger partial charge in [-0.15, -0.1) is 0 Å². The Hall–Kier alpha value is -0.900. The minimum Gasteiger partial charge on any atom is -0.447 e. The Balaban J connectivity index is 2.92. The summed E-state index contributed by atoms with van der Waals surface area (Å²) in [5, 5.41) is 0. The van der Waals surface area contributed by atoms with E-state index in [-0.39, 0.29) is 11.7 Å². The van der Waals surface area contributed by atoms with Crippen molar-refractivity contribution >= 4 is 0 Å². The maximum Gasteiger partial charge on any atom is 0.210 e. The number of oxazole rings is 1. The quantitative estimate of drug-likeness (QED) is 0.741. The van der Waals surface area contributed by atoms with Crippen LogP contribution >= 0.6 is 0 Å². The van der Waals surface area contributed by atoms with Gasteiger partial charge in [0, 0.05) is 0 Å². The van der Waals surface area contributed by atoms with Crippen molar-refractivity contribution in [3.05, 3.63) is 17.8 Å². The minimum absolute atomic E-state index is 0.287. The Bertz CT molecular complexity index is 262. The van der Waals surface area contributed by atoms with Gasteiger partial charge in [-0.05, 0) is 20.8 Å². The van der Waals surface area contributed by atoms with Crippen molar-refractivity contribution in [2.75, 3.05) is 0 Å². The number of nitrogens with two attached hydrogens (primary N) is 1.